The lowest BCUT2D eigenvalue weighted by molar-refractivity contribution is 0.590. The highest BCUT2D eigenvalue weighted by Crippen LogP contribution is 2.54. The summed E-state index contributed by atoms with van der Waals surface area (Å²) in [6.07, 6.45) is 0. The molecule has 8 aromatic carbocycles. The van der Waals surface area contributed by atoms with Crippen LogP contribution in [0.1, 0.15) is 79.0 Å². The fourth-order valence-electron chi connectivity index (χ4n) is 10.7. The van der Waals surface area contributed by atoms with Crippen LogP contribution in [0.5, 0.6) is 0 Å². The van der Waals surface area contributed by atoms with Crippen LogP contribution < -0.4 is 20.6 Å². The third-order valence-electron chi connectivity index (χ3n) is 14.1. The van der Waals surface area contributed by atoms with E-state index in [1.807, 2.05) is 11.3 Å². The standard InChI is InChI=1S/C60H53BN2OS/c1-58(2,3)37-23-27-40(28-24-37)63-47-30-26-39(60(7,8)9)34-45(47)54-56-49(35-44-41-19-13-15-21-50(41)64-57(44)54)62(46-29-25-38(59(4,5)6)33-43(46)36-17-11-10-12-18-36)48-31-32-52-53(55(48)61(56)63)42-20-14-16-22-51(42)65-52/h10-35H,1-9H3. The van der Waals surface area contributed by atoms with Crippen LogP contribution in [-0.2, 0) is 16.2 Å². The van der Waals surface area contributed by atoms with Crippen molar-refractivity contribution in [2.24, 2.45) is 0 Å². The largest absolute Gasteiger partial charge is 0.455 e. The summed E-state index contributed by atoms with van der Waals surface area (Å²) in [7, 11) is 0. The first-order valence-electron chi connectivity index (χ1n) is 23.1. The number of fused-ring (bicyclic) bond motifs is 12. The molecule has 0 unspecified atom stereocenters. The lowest BCUT2D eigenvalue weighted by Crippen LogP contribution is -2.61. The Morgan fingerprint density at radius 2 is 1.06 bits per heavy atom. The molecule has 0 spiro atoms. The van der Waals surface area contributed by atoms with E-state index in [1.165, 1.54) is 92.8 Å². The summed E-state index contributed by atoms with van der Waals surface area (Å²) < 4.78 is 9.78. The van der Waals surface area contributed by atoms with Crippen LogP contribution in [0.4, 0.5) is 28.4 Å². The Labute approximate surface area is 387 Å². The molecule has 5 heteroatoms. The first-order valence-corrected chi connectivity index (χ1v) is 23.9. The summed E-state index contributed by atoms with van der Waals surface area (Å²) in [5.74, 6) is 0. The smallest absolute Gasteiger partial charge is 0.333 e. The Hall–Kier alpha value is -6.56. The molecule has 0 fully saturated rings. The molecule has 0 atom stereocenters. The second-order valence-corrected chi connectivity index (χ2v) is 22.4. The van der Waals surface area contributed by atoms with Crippen LogP contribution >= 0.6 is 11.3 Å². The molecule has 0 radical (unpaired) electrons. The van der Waals surface area contributed by atoms with E-state index in [1.54, 1.807) is 0 Å². The Kier molecular flexibility index (Phi) is 8.60. The highest BCUT2D eigenvalue weighted by molar-refractivity contribution is 7.26. The maximum atomic E-state index is 7.18. The highest BCUT2D eigenvalue weighted by Gasteiger charge is 2.48. The zero-order chi connectivity index (χ0) is 44.7. The zero-order valence-electron chi connectivity index (χ0n) is 38.8. The highest BCUT2D eigenvalue weighted by atomic mass is 32.1. The Bertz CT molecular complexity index is 3560. The molecule has 0 amide bonds. The van der Waals surface area contributed by atoms with Gasteiger partial charge in [0.05, 0.1) is 5.69 Å². The van der Waals surface area contributed by atoms with Crippen molar-refractivity contribution < 1.29 is 4.42 Å². The normalized spacial score (nSPS) is 13.8. The molecule has 4 heterocycles. The molecule has 0 saturated carbocycles. The minimum Gasteiger partial charge on any atom is -0.455 e. The van der Waals surface area contributed by atoms with E-state index < -0.39 is 0 Å². The Morgan fingerprint density at radius 3 is 1.77 bits per heavy atom. The molecule has 2 aliphatic heterocycles. The van der Waals surface area contributed by atoms with Gasteiger partial charge in [0.15, 0.2) is 0 Å². The minimum atomic E-state index is -0.187. The van der Waals surface area contributed by atoms with Gasteiger partial charge < -0.3 is 14.1 Å². The fraction of sp³-hybridized carbons (Fsp3) is 0.200. The van der Waals surface area contributed by atoms with Gasteiger partial charge in [0, 0.05) is 59.6 Å². The lowest BCUT2D eigenvalue weighted by Gasteiger charge is -2.46. The Morgan fingerprint density at radius 1 is 0.462 bits per heavy atom. The molecule has 0 saturated heterocycles. The molecule has 0 aliphatic carbocycles. The van der Waals surface area contributed by atoms with Crippen LogP contribution in [0, 0.1) is 0 Å². The van der Waals surface area contributed by atoms with Gasteiger partial charge in [-0.1, -0.05) is 153 Å². The summed E-state index contributed by atoms with van der Waals surface area (Å²) in [4.78, 5) is 5.28. The van der Waals surface area contributed by atoms with Gasteiger partial charge in [0.1, 0.15) is 11.2 Å². The number of hydrogen-bond acceptors (Lipinski definition) is 4. The second-order valence-electron chi connectivity index (χ2n) is 21.4. The number of anilines is 5. The van der Waals surface area contributed by atoms with Crippen molar-refractivity contribution in [1.82, 2.24) is 0 Å². The predicted molar refractivity (Wildman–Crippen MR) is 282 cm³/mol. The van der Waals surface area contributed by atoms with Gasteiger partial charge in [-0.15, -0.1) is 11.3 Å². The van der Waals surface area contributed by atoms with Gasteiger partial charge in [-0.05, 0) is 127 Å². The van der Waals surface area contributed by atoms with Gasteiger partial charge in [-0.2, -0.15) is 0 Å². The fourth-order valence-corrected chi connectivity index (χ4v) is 11.8. The first-order chi connectivity index (χ1) is 31.1. The Balaban J connectivity index is 1.29. The topological polar surface area (TPSA) is 19.6 Å². The molecule has 0 bridgehead atoms. The summed E-state index contributed by atoms with van der Waals surface area (Å²) >= 11 is 1.89. The number of furan rings is 1. The van der Waals surface area contributed by atoms with Crippen molar-refractivity contribution in [1.29, 1.82) is 0 Å². The van der Waals surface area contributed by atoms with Crippen LogP contribution in [0.15, 0.2) is 162 Å². The van der Waals surface area contributed by atoms with Gasteiger partial charge in [0.25, 0.3) is 0 Å². The number of para-hydroxylation sites is 1. The van der Waals surface area contributed by atoms with E-state index in [4.69, 9.17) is 4.42 Å². The van der Waals surface area contributed by atoms with Crippen molar-refractivity contribution in [3.05, 3.63) is 174 Å². The van der Waals surface area contributed by atoms with E-state index in [0.717, 1.165) is 27.6 Å². The molecule has 318 valence electrons. The quantitative estimate of drug-likeness (QED) is 0.165. The maximum Gasteiger partial charge on any atom is 0.333 e. The number of benzene rings is 8. The van der Waals surface area contributed by atoms with Crippen molar-refractivity contribution >= 4 is 99.7 Å². The maximum absolute atomic E-state index is 7.18. The molecule has 65 heavy (non-hydrogen) atoms. The predicted octanol–water partition coefficient (Wildman–Crippen LogP) is 16.2. The molecular formula is C60H53BN2OS. The zero-order valence-corrected chi connectivity index (χ0v) is 39.6. The molecule has 3 nitrogen and oxygen atoms in total. The van der Waals surface area contributed by atoms with E-state index in [0.29, 0.717) is 0 Å². The van der Waals surface area contributed by atoms with Crippen molar-refractivity contribution in [2.75, 3.05) is 9.71 Å². The first kappa shape index (κ1) is 40.0. The third kappa shape index (κ3) is 6.08. The van der Waals surface area contributed by atoms with E-state index in [2.05, 4.69) is 230 Å². The third-order valence-corrected chi connectivity index (χ3v) is 15.3. The minimum absolute atomic E-state index is 0.0192. The average molecular weight is 861 g/mol. The number of rotatable bonds is 3. The van der Waals surface area contributed by atoms with Gasteiger partial charge in [-0.25, -0.2) is 0 Å². The molecule has 12 rings (SSSR count). The molecule has 10 aromatic rings. The number of thiophene rings is 1. The van der Waals surface area contributed by atoms with E-state index in [9.17, 15) is 0 Å². The summed E-state index contributed by atoms with van der Waals surface area (Å²) in [6.45, 7) is 20.6. The second kappa shape index (κ2) is 14.0. The van der Waals surface area contributed by atoms with E-state index >= 15 is 0 Å². The monoisotopic (exact) mass is 860 g/mol. The summed E-state index contributed by atoms with van der Waals surface area (Å²) in [5.41, 5.74) is 18.9. The molecule has 0 N–H and O–H groups in total. The number of nitrogens with zero attached hydrogens (tertiary/aromatic N) is 2. The van der Waals surface area contributed by atoms with Gasteiger partial charge in [0.2, 0.25) is 0 Å². The van der Waals surface area contributed by atoms with Crippen LogP contribution in [-0.4, -0.2) is 6.85 Å². The summed E-state index contributed by atoms with van der Waals surface area (Å²) in [5, 5.41) is 4.87. The average Bonchev–Trinajstić information content (AvgIpc) is 3.86. The van der Waals surface area contributed by atoms with Crippen molar-refractivity contribution in [3.8, 4) is 22.3 Å². The van der Waals surface area contributed by atoms with Crippen LogP contribution in [0.25, 0.3) is 64.4 Å². The number of hydrogen-bond donors (Lipinski definition) is 0. The van der Waals surface area contributed by atoms with Gasteiger partial charge >= 0.3 is 6.85 Å². The molecular weight excluding hydrogens is 808 g/mol. The van der Waals surface area contributed by atoms with Gasteiger partial charge in [-0.3, -0.25) is 0 Å². The molecule has 2 aliphatic rings. The molecule has 2 aromatic heterocycles. The van der Waals surface area contributed by atoms with E-state index in [-0.39, 0.29) is 23.1 Å². The lowest BCUT2D eigenvalue weighted by atomic mass is 9.42. The SMILES string of the molecule is CC(C)(C)c1ccc(N2B3c4c(cc5c(oc6ccccc65)c4-c4cc(C(C)(C)C)ccc42)N(c2ccc(C(C)(C)C)cc2-c2ccccc2)c2ccc4sc5ccccc5c4c23)cc1. The van der Waals surface area contributed by atoms with Crippen molar-refractivity contribution in [2.45, 2.75) is 78.6 Å². The van der Waals surface area contributed by atoms with Crippen LogP contribution in [0.2, 0.25) is 0 Å². The summed E-state index contributed by atoms with van der Waals surface area (Å²) in [6, 6.07) is 59.7. The van der Waals surface area contributed by atoms with Crippen LogP contribution in [0.3, 0.4) is 0 Å². The van der Waals surface area contributed by atoms with Crippen molar-refractivity contribution in [3.63, 3.8) is 0 Å².